The van der Waals surface area contributed by atoms with Gasteiger partial charge in [0.25, 0.3) is 0 Å². The Labute approximate surface area is 136 Å². The monoisotopic (exact) mass is 306 g/mol. The maximum absolute atomic E-state index is 4.88. The van der Waals surface area contributed by atoms with Crippen LogP contribution in [0.25, 0.3) is 22.3 Å². The van der Waals surface area contributed by atoms with Gasteiger partial charge in [-0.25, -0.2) is 4.98 Å². The fraction of sp³-hybridized carbons (Fsp3) is 0.368. The number of fused-ring (bicyclic) bond motifs is 2. The first kappa shape index (κ1) is 14.4. The van der Waals surface area contributed by atoms with E-state index in [-0.39, 0.29) is 0 Å². The van der Waals surface area contributed by atoms with Gasteiger partial charge in [0.05, 0.1) is 16.9 Å². The number of aromatic nitrogens is 3. The molecule has 4 rings (SSSR count). The number of nitrogens with one attached hydrogen (secondary N) is 1. The summed E-state index contributed by atoms with van der Waals surface area (Å²) in [6.07, 6.45) is 1.12. The minimum atomic E-state index is 0.887. The predicted molar refractivity (Wildman–Crippen MR) is 93.5 cm³/mol. The molecule has 1 aliphatic heterocycles. The predicted octanol–water partition coefficient (Wildman–Crippen LogP) is 3.52. The first-order chi connectivity index (χ1) is 11.1. The van der Waals surface area contributed by atoms with Gasteiger partial charge >= 0.3 is 0 Å². The van der Waals surface area contributed by atoms with Gasteiger partial charge in [-0.05, 0) is 74.7 Å². The van der Waals surface area contributed by atoms with E-state index in [2.05, 4.69) is 55.0 Å². The molecular weight excluding hydrogens is 284 g/mol. The smallest absolute Gasteiger partial charge is 0.111 e. The molecule has 1 N–H and O–H groups in total. The Balaban J connectivity index is 1.84. The number of aryl methyl sites for hydroxylation is 4. The van der Waals surface area contributed by atoms with E-state index in [9.17, 15) is 0 Å². The van der Waals surface area contributed by atoms with Crippen LogP contribution in [-0.2, 0) is 13.1 Å². The van der Waals surface area contributed by atoms with E-state index in [0.717, 1.165) is 43.0 Å². The fourth-order valence-electron chi connectivity index (χ4n) is 3.27. The molecule has 2 aromatic heterocycles. The van der Waals surface area contributed by atoms with Gasteiger partial charge in [0.2, 0.25) is 0 Å². The molecule has 4 heteroatoms. The van der Waals surface area contributed by atoms with Gasteiger partial charge in [-0.15, -0.1) is 0 Å². The van der Waals surface area contributed by atoms with E-state index < -0.39 is 0 Å². The van der Waals surface area contributed by atoms with E-state index in [1.807, 2.05) is 0 Å². The van der Waals surface area contributed by atoms with Crippen molar-refractivity contribution in [2.75, 3.05) is 6.54 Å². The summed E-state index contributed by atoms with van der Waals surface area (Å²) in [7, 11) is 0. The number of rotatable bonds is 1. The fourth-order valence-corrected chi connectivity index (χ4v) is 3.27. The molecule has 0 saturated heterocycles. The number of benzene rings is 1. The van der Waals surface area contributed by atoms with E-state index in [1.165, 1.54) is 27.8 Å². The summed E-state index contributed by atoms with van der Waals surface area (Å²) in [5.41, 5.74) is 8.11. The van der Waals surface area contributed by atoms with Gasteiger partial charge in [-0.1, -0.05) is 0 Å². The number of pyridine rings is 1. The largest absolute Gasteiger partial charge is 0.311 e. The van der Waals surface area contributed by atoms with E-state index >= 15 is 0 Å². The summed E-state index contributed by atoms with van der Waals surface area (Å²) in [5, 5.41) is 9.46. The van der Waals surface area contributed by atoms with Crippen molar-refractivity contribution >= 4 is 10.9 Å². The first-order valence-electron chi connectivity index (χ1n) is 8.28. The van der Waals surface area contributed by atoms with Crippen LogP contribution in [0.15, 0.2) is 24.3 Å². The molecule has 3 heterocycles. The summed E-state index contributed by atoms with van der Waals surface area (Å²) in [4.78, 5) is 4.88. The molecule has 0 bridgehead atoms. The van der Waals surface area contributed by atoms with Crippen LogP contribution in [0.1, 0.15) is 28.8 Å². The lowest BCUT2D eigenvalue weighted by Gasteiger charge is -2.08. The highest BCUT2D eigenvalue weighted by molar-refractivity contribution is 5.86. The lowest BCUT2D eigenvalue weighted by Crippen LogP contribution is -2.11. The molecule has 1 aromatic carbocycles. The first-order valence-corrected chi connectivity index (χ1v) is 8.28. The second-order valence-electron chi connectivity index (χ2n) is 6.55. The molecule has 0 atom stereocenters. The van der Waals surface area contributed by atoms with Crippen LogP contribution in [0.3, 0.4) is 0 Å². The second-order valence-corrected chi connectivity index (χ2v) is 6.55. The average Bonchev–Trinajstić information content (AvgIpc) is 2.80. The topological polar surface area (TPSA) is 42.7 Å². The van der Waals surface area contributed by atoms with Gasteiger partial charge in [0, 0.05) is 18.5 Å². The van der Waals surface area contributed by atoms with E-state index in [0.29, 0.717) is 0 Å². The van der Waals surface area contributed by atoms with Crippen molar-refractivity contribution < 1.29 is 0 Å². The SMILES string of the molecule is Cc1cc2nc(-c3cc4n(n3)CCCNC4)cc(C)c2cc1C. The third kappa shape index (κ3) is 2.53. The normalized spacial score (nSPS) is 14.7. The average molecular weight is 306 g/mol. The van der Waals surface area contributed by atoms with E-state index in [1.54, 1.807) is 0 Å². The Morgan fingerprint density at radius 1 is 0.957 bits per heavy atom. The molecule has 0 saturated carbocycles. The van der Waals surface area contributed by atoms with Crippen LogP contribution in [0, 0.1) is 20.8 Å². The highest BCUT2D eigenvalue weighted by atomic mass is 15.3. The van der Waals surface area contributed by atoms with Crippen LogP contribution in [0.5, 0.6) is 0 Å². The lowest BCUT2D eigenvalue weighted by molar-refractivity contribution is 0.589. The maximum Gasteiger partial charge on any atom is 0.111 e. The second kappa shape index (κ2) is 5.46. The van der Waals surface area contributed by atoms with Crippen molar-refractivity contribution in [2.24, 2.45) is 0 Å². The zero-order valence-electron chi connectivity index (χ0n) is 14.0. The zero-order valence-corrected chi connectivity index (χ0v) is 14.0. The number of nitrogens with zero attached hydrogens (tertiary/aromatic N) is 3. The van der Waals surface area contributed by atoms with Crippen LogP contribution in [0.2, 0.25) is 0 Å². The molecule has 3 aromatic rings. The third-order valence-corrected chi connectivity index (χ3v) is 4.79. The molecule has 118 valence electrons. The molecule has 0 unspecified atom stereocenters. The van der Waals surface area contributed by atoms with Crippen molar-refractivity contribution in [1.82, 2.24) is 20.1 Å². The summed E-state index contributed by atoms with van der Waals surface area (Å²) < 4.78 is 2.12. The molecule has 1 aliphatic rings. The van der Waals surface area contributed by atoms with Gasteiger partial charge in [-0.3, -0.25) is 4.68 Å². The van der Waals surface area contributed by atoms with Crippen molar-refractivity contribution in [3.8, 4) is 11.4 Å². The maximum atomic E-state index is 4.88. The molecule has 0 radical (unpaired) electrons. The zero-order chi connectivity index (χ0) is 16.0. The van der Waals surface area contributed by atoms with Crippen molar-refractivity contribution in [3.63, 3.8) is 0 Å². The Hall–Kier alpha value is -2.20. The Kier molecular flexibility index (Phi) is 3.42. The Morgan fingerprint density at radius 2 is 1.78 bits per heavy atom. The molecule has 0 spiro atoms. The van der Waals surface area contributed by atoms with Crippen molar-refractivity contribution in [2.45, 2.75) is 40.3 Å². The standard InChI is InChI=1S/C19H22N4/c1-12-7-16-14(3)9-18(21-17(16)8-13(12)2)19-10-15-11-20-5-4-6-23(15)22-19/h7-10,20H,4-6,11H2,1-3H3. The summed E-state index contributed by atoms with van der Waals surface area (Å²) >= 11 is 0. The summed E-state index contributed by atoms with van der Waals surface area (Å²) in [5.74, 6) is 0. The van der Waals surface area contributed by atoms with Crippen molar-refractivity contribution in [3.05, 3.63) is 46.6 Å². The molecule has 4 nitrogen and oxygen atoms in total. The van der Waals surface area contributed by atoms with Crippen LogP contribution in [-0.4, -0.2) is 21.3 Å². The minimum absolute atomic E-state index is 0.887. The summed E-state index contributed by atoms with van der Waals surface area (Å²) in [6, 6.07) is 8.76. The van der Waals surface area contributed by atoms with E-state index in [4.69, 9.17) is 10.1 Å². The van der Waals surface area contributed by atoms with Gasteiger partial charge < -0.3 is 5.32 Å². The van der Waals surface area contributed by atoms with Gasteiger partial charge in [0.15, 0.2) is 0 Å². The van der Waals surface area contributed by atoms with Gasteiger partial charge in [0.1, 0.15) is 5.69 Å². The molecule has 0 amide bonds. The van der Waals surface area contributed by atoms with Crippen LogP contribution >= 0.6 is 0 Å². The third-order valence-electron chi connectivity index (χ3n) is 4.79. The molecule has 0 aliphatic carbocycles. The molecule has 23 heavy (non-hydrogen) atoms. The summed E-state index contributed by atoms with van der Waals surface area (Å²) in [6.45, 7) is 9.38. The van der Waals surface area contributed by atoms with Gasteiger partial charge in [-0.2, -0.15) is 5.10 Å². The Morgan fingerprint density at radius 3 is 2.65 bits per heavy atom. The number of hydrogen-bond donors (Lipinski definition) is 1. The minimum Gasteiger partial charge on any atom is -0.311 e. The van der Waals surface area contributed by atoms with Crippen LogP contribution < -0.4 is 5.32 Å². The van der Waals surface area contributed by atoms with Crippen LogP contribution in [0.4, 0.5) is 0 Å². The molecule has 0 fully saturated rings. The Bertz CT molecular complexity index is 869. The van der Waals surface area contributed by atoms with Crippen molar-refractivity contribution in [1.29, 1.82) is 0 Å². The highest BCUT2D eigenvalue weighted by Crippen LogP contribution is 2.26. The highest BCUT2D eigenvalue weighted by Gasteiger charge is 2.14. The quantitative estimate of drug-likeness (QED) is 0.748. The molecular formula is C19H22N4. The number of hydrogen-bond acceptors (Lipinski definition) is 3. The lowest BCUT2D eigenvalue weighted by atomic mass is 10.0.